The summed E-state index contributed by atoms with van der Waals surface area (Å²) in [7, 11) is 0. The Labute approximate surface area is 95.9 Å². The van der Waals surface area contributed by atoms with Crippen molar-refractivity contribution in [3.63, 3.8) is 0 Å². The molecule has 1 saturated carbocycles. The third kappa shape index (κ3) is 2.40. The molecule has 1 N–H and O–H groups in total. The summed E-state index contributed by atoms with van der Waals surface area (Å²) in [4.78, 5) is 11.1. The number of carboxylic acids is 1. The Hall–Kier alpha value is -0.970. The Bertz CT molecular complexity index is 367. The van der Waals surface area contributed by atoms with E-state index in [4.69, 9.17) is 5.11 Å². The zero-order chi connectivity index (χ0) is 11.8. The molecule has 1 aromatic rings. The van der Waals surface area contributed by atoms with Gasteiger partial charge in [-0.1, -0.05) is 0 Å². The summed E-state index contributed by atoms with van der Waals surface area (Å²) in [6.07, 6.45) is -0.0104. The molecular weight excluding hydrogens is 234 g/mol. The molecule has 2 nitrogen and oxygen atoms in total. The minimum absolute atomic E-state index is 0.156. The molecule has 5 heteroatoms. The van der Waals surface area contributed by atoms with Crippen LogP contribution in [-0.2, 0) is 4.79 Å². The maximum Gasteiger partial charge on any atom is 0.311 e. The first-order chi connectivity index (χ1) is 7.48. The molecule has 0 saturated heterocycles. The molecule has 1 aromatic heterocycles. The topological polar surface area (TPSA) is 37.3 Å². The van der Waals surface area contributed by atoms with Gasteiger partial charge in [0, 0.05) is 12.8 Å². The number of carbonyl (C=O) groups is 1. The Balaban J connectivity index is 1.98. The number of carboxylic acid groups (broad SMARTS) is 1. The molecular formula is C11H12F2O2S. The second-order valence-electron chi connectivity index (χ2n) is 4.31. The quantitative estimate of drug-likeness (QED) is 0.884. The van der Waals surface area contributed by atoms with Gasteiger partial charge in [-0.2, -0.15) is 11.3 Å². The van der Waals surface area contributed by atoms with Crippen molar-refractivity contribution in [2.45, 2.75) is 31.1 Å². The van der Waals surface area contributed by atoms with Crippen molar-refractivity contribution in [3.8, 4) is 0 Å². The van der Waals surface area contributed by atoms with Gasteiger partial charge in [-0.05, 0) is 34.7 Å². The van der Waals surface area contributed by atoms with E-state index in [0.717, 1.165) is 5.56 Å². The van der Waals surface area contributed by atoms with Crippen LogP contribution in [0.5, 0.6) is 0 Å². The summed E-state index contributed by atoms with van der Waals surface area (Å²) in [5.74, 6) is -4.28. The van der Waals surface area contributed by atoms with Gasteiger partial charge in [0.2, 0.25) is 5.92 Å². The molecule has 88 valence electrons. The van der Waals surface area contributed by atoms with E-state index < -0.39 is 17.8 Å². The fourth-order valence-corrected chi connectivity index (χ4v) is 2.85. The molecule has 1 fully saturated rings. The maximum atomic E-state index is 12.6. The van der Waals surface area contributed by atoms with Gasteiger partial charge < -0.3 is 5.11 Å². The molecule has 1 unspecified atom stereocenters. The van der Waals surface area contributed by atoms with Crippen molar-refractivity contribution < 1.29 is 18.7 Å². The van der Waals surface area contributed by atoms with E-state index in [1.165, 1.54) is 11.3 Å². The van der Waals surface area contributed by atoms with E-state index in [1.54, 1.807) is 16.8 Å². The number of hydrogen-bond donors (Lipinski definition) is 1. The molecule has 0 bridgehead atoms. The number of aliphatic carboxylic acids is 1. The van der Waals surface area contributed by atoms with Crippen molar-refractivity contribution in [3.05, 3.63) is 22.4 Å². The predicted octanol–water partition coefficient (Wildman–Crippen LogP) is 3.35. The first kappa shape index (κ1) is 11.5. The van der Waals surface area contributed by atoms with E-state index in [0.29, 0.717) is 6.42 Å². The highest BCUT2D eigenvalue weighted by Gasteiger charge is 2.46. The largest absolute Gasteiger partial charge is 0.481 e. The highest BCUT2D eigenvalue weighted by molar-refractivity contribution is 7.08. The third-order valence-corrected chi connectivity index (χ3v) is 3.69. The lowest BCUT2D eigenvalue weighted by molar-refractivity contribution is -0.143. The van der Waals surface area contributed by atoms with Crippen LogP contribution in [0.25, 0.3) is 0 Å². The van der Waals surface area contributed by atoms with Gasteiger partial charge in [-0.25, -0.2) is 8.78 Å². The maximum absolute atomic E-state index is 12.6. The molecule has 0 spiro atoms. The summed E-state index contributed by atoms with van der Waals surface area (Å²) in [6, 6.07) is 1.75. The highest BCUT2D eigenvalue weighted by Crippen LogP contribution is 2.46. The predicted molar refractivity (Wildman–Crippen MR) is 57.0 cm³/mol. The summed E-state index contributed by atoms with van der Waals surface area (Å²) in [5, 5.41) is 12.6. The van der Waals surface area contributed by atoms with Gasteiger partial charge in [0.25, 0.3) is 0 Å². The van der Waals surface area contributed by atoms with Gasteiger partial charge in [0.1, 0.15) is 0 Å². The van der Waals surface area contributed by atoms with E-state index in [1.807, 2.05) is 0 Å². The van der Waals surface area contributed by atoms with Crippen molar-refractivity contribution in [1.82, 2.24) is 0 Å². The minimum Gasteiger partial charge on any atom is -0.481 e. The molecule has 2 rings (SSSR count). The first-order valence-electron chi connectivity index (χ1n) is 5.11. The number of halogens is 2. The minimum atomic E-state index is -2.57. The number of alkyl halides is 2. The number of rotatable bonds is 4. The zero-order valence-corrected chi connectivity index (χ0v) is 9.34. The average molecular weight is 246 g/mol. The standard InChI is InChI=1S/C11H12F2O2S/c12-11(13)4-7(5-11)3-9(10(14)15)8-1-2-16-6-8/h1-2,6-7,9H,3-5H2,(H,14,15). The normalized spacial score (nSPS) is 21.4. The van der Waals surface area contributed by atoms with Crippen LogP contribution in [-0.4, -0.2) is 17.0 Å². The van der Waals surface area contributed by atoms with Crippen molar-refractivity contribution in [2.24, 2.45) is 5.92 Å². The Morgan fingerprint density at radius 2 is 2.31 bits per heavy atom. The fourth-order valence-electron chi connectivity index (χ4n) is 2.14. The van der Waals surface area contributed by atoms with E-state index in [9.17, 15) is 13.6 Å². The highest BCUT2D eigenvalue weighted by atomic mass is 32.1. The SMILES string of the molecule is O=C(O)C(CC1CC(F)(F)C1)c1ccsc1. The van der Waals surface area contributed by atoms with Crippen LogP contribution in [0, 0.1) is 5.92 Å². The second kappa shape index (κ2) is 4.13. The Morgan fingerprint density at radius 1 is 1.62 bits per heavy atom. The van der Waals surface area contributed by atoms with Crippen LogP contribution in [0.1, 0.15) is 30.7 Å². The van der Waals surface area contributed by atoms with Gasteiger partial charge in [0.05, 0.1) is 5.92 Å². The first-order valence-corrected chi connectivity index (χ1v) is 6.05. The van der Waals surface area contributed by atoms with E-state index >= 15 is 0 Å². The van der Waals surface area contributed by atoms with E-state index in [-0.39, 0.29) is 18.8 Å². The Morgan fingerprint density at radius 3 is 2.75 bits per heavy atom. The van der Waals surface area contributed by atoms with Crippen molar-refractivity contribution >= 4 is 17.3 Å². The molecule has 16 heavy (non-hydrogen) atoms. The lowest BCUT2D eigenvalue weighted by atomic mass is 9.75. The lowest BCUT2D eigenvalue weighted by Crippen LogP contribution is -2.36. The smallest absolute Gasteiger partial charge is 0.311 e. The lowest BCUT2D eigenvalue weighted by Gasteiger charge is -2.36. The van der Waals surface area contributed by atoms with Crippen LogP contribution in [0.3, 0.4) is 0 Å². The number of thiophene rings is 1. The fraction of sp³-hybridized carbons (Fsp3) is 0.545. The molecule has 1 atom stereocenters. The molecule has 1 aliphatic rings. The molecule has 1 heterocycles. The van der Waals surface area contributed by atoms with Crippen LogP contribution in [0.4, 0.5) is 8.78 Å². The molecule has 0 aromatic carbocycles. The summed E-state index contributed by atoms with van der Waals surface area (Å²) in [5.41, 5.74) is 0.729. The molecule has 0 radical (unpaired) electrons. The molecule has 0 amide bonds. The van der Waals surface area contributed by atoms with E-state index in [2.05, 4.69) is 0 Å². The van der Waals surface area contributed by atoms with Crippen molar-refractivity contribution in [1.29, 1.82) is 0 Å². The van der Waals surface area contributed by atoms with Gasteiger partial charge in [-0.3, -0.25) is 4.79 Å². The van der Waals surface area contributed by atoms with Gasteiger partial charge in [0.15, 0.2) is 0 Å². The van der Waals surface area contributed by atoms with Crippen LogP contribution in [0.15, 0.2) is 16.8 Å². The average Bonchev–Trinajstić information content (AvgIpc) is 2.62. The third-order valence-electron chi connectivity index (χ3n) is 2.99. The van der Waals surface area contributed by atoms with Crippen molar-refractivity contribution in [2.75, 3.05) is 0 Å². The molecule has 1 aliphatic carbocycles. The summed E-state index contributed by atoms with van der Waals surface area (Å²) < 4.78 is 25.3. The van der Waals surface area contributed by atoms with Crippen LogP contribution in [0.2, 0.25) is 0 Å². The molecule has 0 aliphatic heterocycles. The number of hydrogen-bond acceptors (Lipinski definition) is 2. The van der Waals surface area contributed by atoms with Crippen LogP contribution >= 0.6 is 11.3 Å². The Kier molecular flexibility index (Phi) is 2.97. The van der Waals surface area contributed by atoms with Gasteiger partial charge >= 0.3 is 5.97 Å². The monoisotopic (exact) mass is 246 g/mol. The second-order valence-corrected chi connectivity index (χ2v) is 5.09. The van der Waals surface area contributed by atoms with Crippen LogP contribution < -0.4 is 0 Å². The summed E-state index contributed by atoms with van der Waals surface area (Å²) >= 11 is 1.43. The van der Waals surface area contributed by atoms with Gasteiger partial charge in [-0.15, -0.1) is 0 Å². The summed E-state index contributed by atoms with van der Waals surface area (Å²) in [6.45, 7) is 0. The zero-order valence-electron chi connectivity index (χ0n) is 8.53.